The van der Waals surface area contributed by atoms with Gasteiger partial charge in [0.2, 0.25) is 5.95 Å². The van der Waals surface area contributed by atoms with Crippen molar-refractivity contribution in [2.75, 3.05) is 43.1 Å². The predicted octanol–water partition coefficient (Wildman–Crippen LogP) is 2.43. The Labute approximate surface area is 131 Å². The number of ether oxygens (including phenoxy) is 1. The Balaban J connectivity index is 1.69. The van der Waals surface area contributed by atoms with Crippen LogP contribution < -0.4 is 14.5 Å². The SMILES string of the molecule is COc1cccc(N2CCN(c3nc(C)cc(C)n3)CC2)c1. The van der Waals surface area contributed by atoms with Crippen LogP contribution in [0.2, 0.25) is 0 Å². The van der Waals surface area contributed by atoms with Crippen molar-refractivity contribution in [2.45, 2.75) is 13.8 Å². The molecule has 116 valence electrons. The van der Waals surface area contributed by atoms with Gasteiger partial charge >= 0.3 is 0 Å². The Bertz CT molecular complexity index is 631. The molecule has 1 aromatic heterocycles. The lowest BCUT2D eigenvalue weighted by molar-refractivity contribution is 0.414. The molecular weight excluding hydrogens is 276 g/mol. The van der Waals surface area contributed by atoms with Gasteiger partial charge in [0.05, 0.1) is 7.11 Å². The fourth-order valence-electron chi connectivity index (χ4n) is 2.82. The highest BCUT2D eigenvalue weighted by molar-refractivity contribution is 5.52. The van der Waals surface area contributed by atoms with E-state index in [1.165, 1.54) is 5.69 Å². The zero-order valence-corrected chi connectivity index (χ0v) is 13.4. The maximum atomic E-state index is 5.31. The topological polar surface area (TPSA) is 41.5 Å². The number of aryl methyl sites for hydroxylation is 2. The monoisotopic (exact) mass is 298 g/mol. The molecule has 2 heterocycles. The van der Waals surface area contributed by atoms with Crippen molar-refractivity contribution in [3.8, 4) is 5.75 Å². The van der Waals surface area contributed by atoms with Gasteiger partial charge in [0.25, 0.3) is 0 Å². The molecule has 1 fully saturated rings. The maximum absolute atomic E-state index is 5.31. The summed E-state index contributed by atoms with van der Waals surface area (Å²) in [4.78, 5) is 13.8. The first-order valence-electron chi connectivity index (χ1n) is 7.62. The molecule has 5 nitrogen and oxygen atoms in total. The van der Waals surface area contributed by atoms with Gasteiger partial charge in [-0.05, 0) is 32.0 Å². The van der Waals surface area contributed by atoms with Gasteiger partial charge in [-0.25, -0.2) is 9.97 Å². The van der Waals surface area contributed by atoms with Gasteiger partial charge < -0.3 is 14.5 Å². The summed E-state index contributed by atoms with van der Waals surface area (Å²) in [5.41, 5.74) is 3.26. The average molecular weight is 298 g/mol. The predicted molar refractivity (Wildman–Crippen MR) is 88.9 cm³/mol. The summed E-state index contributed by atoms with van der Waals surface area (Å²) in [6, 6.07) is 10.2. The van der Waals surface area contributed by atoms with Crippen LogP contribution in [0.5, 0.6) is 5.75 Å². The second-order valence-corrected chi connectivity index (χ2v) is 5.63. The molecule has 3 rings (SSSR count). The number of hydrogen-bond acceptors (Lipinski definition) is 5. The molecule has 2 aromatic rings. The molecule has 0 bridgehead atoms. The summed E-state index contributed by atoms with van der Waals surface area (Å²) in [6.07, 6.45) is 0. The molecule has 1 aromatic carbocycles. The van der Waals surface area contributed by atoms with Crippen molar-refractivity contribution in [1.29, 1.82) is 0 Å². The van der Waals surface area contributed by atoms with Gasteiger partial charge in [0.15, 0.2) is 0 Å². The van der Waals surface area contributed by atoms with Gasteiger partial charge in [0.1, 0.15) is 5.75 Å². The first-order chi connectivity index (χ1) is 10.7. The van der Waals surface area contributed by atoms with Gasteiger partial charge in [-0.15, -0.1) is 0 Å². The molecule has 5 heteroatoms. The van der Waals surface area contributed by atoms with E-state index in [1.54, 1.807) is 7.11 Å². The van der Waals surface area contributed by atoms with Gasteiger partial charge in [-0.1, -0.05) is 6.07 Å². The lowest BCUT2D eigenvalue weighted by Crippen LogP contribution is -2.47. The molecule has 0 unspecified atom stereocenters. The highest BCUT2D eigenvalue weighted by atomic mass is 16.5. The van der Waals surface area contributed by atoms with Gasteiger partial charge in [-0.3, -0.25) is 0 Å². The molecule has 1 aliphatic heterocycles. The van der Waals surface area contributed by atoms with E-state index in [4.69, 9.17) is 4.74 Å². The first kappa shape index (κ1) is 14.6. The molecule has 0 spiro atoms. The number of rotatable bonds is 3. The summed E-state index contributed by atoms with van der Waals surface area (Å²) < 4.78 is 5.31. The normalized spacial score (nSPS) is 15.0. The molecule has 0 amide bonds. The van der Waals surface area contributed by atoms with Crippen LogP contribution >= 0.6 is 0 Å². The number of nitrogens with zero attached hydrogens (tertiary/aromatic N) is 4. The first-order valence-corrected chi connectivity index (χ1v) is 7.62. The van der Waals surface area contributed by atoms with Crippen molar-refractivity contribution in [2.24, 2.45) is 0 Å². The molecule has 0 radical (unpaired) electrons. The lowest BCUT2D eigenvalue weighted by Gasteiger charge is -2.36. The largest absolute Gasteiger partial charge is 0.497 e. The van der Waals surface area contributed by atoms with Crippen LogP contribution in [0.4, 0.5) is 11.6 Å². The van der Waals surface area contributed by atoms with Crippen LogP contribution in [0.1, 0.15) is 11.4 Å². The number of piperazine rings is 1. The van der Waals surface area contributed by atoms with E-state index >= 15 is 0 Å². The third-order valence-corrected chi connectivity index (χ3v) is 3.95. The highest BCUT2D eigenvalue weighted by Crippen LogP contribution is 2.23. The quantitative estimate of drug-likeness (QED) is 0.870. The van der Waals surface area contributed by atoms with E-state index in [2.05, 4.69) is 31.9 Å². The fourth-order valence-corrected chi connectivity index (χ4v) is 2.82. The van der Waals surface area contributed by atoms with Crippen molar-refractivity contribution in [3.63, 3.8) is 0 Å². The summed E-state index contributed by atoms with van der Waals surface area (Å²) in [6.45, 7) is 7.82. The van der Waals surface area contributed by atoms with Crippen LogP contribution in [-0.4, -0.2) is 43.3 Å². The summed E-state index contributed by atoms with van der Waals surface area (Å²) in [7, 11) is 1.70. The summed E-state index contributed by atoms with van der Waals surface area (Å²) in [5.74, 6) is 1.75. The van der Waals surface area contributed by atoms with E-state index in [0.717, 1.165) is 49.3 Å². The molecule has 0 aliphatic carbocycles. The molecule has 0 N–H and O–H groups in total. The van der Waals surface area contributed by atoms with E-state index in [-0.39, 0.29) is 0 Å². The Morgan fingerprint density at radius 2 is 1.55 bits per heavy atom. The third-order valence-electron chi connectivity index (χ3n) is 3.95. The second-order valence-electron chi connectivity index (χ2n) is 5.63. The number of aromatic nitrogens is 2. The van der Waals surface area contributed by atoms with Crippen LogP contribution in [-0.2, 0) is 0 Å². The Morgan fingerprint density at radius 3 is 2.18 bits per heavy atom. The van der Waals surface area contributed by atoms with E-state index < -0.39 is 0 Å². The highest BCUT2D eigenvalue weighted by Gasteiger charge is 2.19. The molecule has 1 saturated heterocycles. The molecule has 22 heavy (non-hydrogen) atoms. The Morgan fingerprint density at radius 1 is 0.909 bits per heavy atom. The van der Waals surface area contributed by atoms with E-state index in [0.29, 0.717) is 0 Å². The van der Waals surface area contributed by atoms with Crippen LogP contribution in [0.3, 0.4) is 0 Å². The fraction of sp³-hybridized carbons (Fsp3) is 0.412. The summed E-state index contributed by atoms with van der Waals surface area (Å²) in [5, 5.41) is 0. The standard InChI is InChI=1S/C17H22N4O/c1-13-11-14(2)19-17(18-13)21-9-7-20(8-10-21)15-5-4-6-16(12-15)22-3/h4-6,11-12H,7-10H2,1-3H3. The molecule has 0 saturated carbocycles. The average Bonchev–Trinajstić information content (AvgIpc) is 2.54. The van der Waals surface area contributed by atoms with Crippen LogP contribution in [0.25, 0.3) is 0 Å². The Kier molecular flexibility index (Phi) is 4.13. The smallest absolute Gasteiger partial charge is 0.225 e. The van der Waals surface area contributed by atoms with Crippen LogP contribution in [0, 0.1) is 13.8 Å². The van der Waals surface area contributed by atoms with Crippen molar-refractivity contribution in [3.05, 3.63) is 41.7 Å². The minimum Gasteiger partial charge on any atom is -0.497 e. The Hall–Kier alpha value is -2.30. The number of benzene rings is 1. The van der Waals surface area contributed by atoms with Crippen molar-refractivity contribution in [1.82, 2.24) is 9.97 Å². The molecule has 1 aliphatic rings. The zero-order chi connectivity index (χ0) is 15.5. The van der Waals surface area contributed by atoms with Gasteiger partial charge in [-0.2, -0.15) is 0 Å². The van der Waals surface area contributed by atoms with Crippen molar-refractivity contribution >= 4 is 11.6 Å². The van der Waals surface area contributed by atoms with Crippen LogP contribution in [0.15, 0.2) is 30.3 Å². The number of anilines is 2. The third kappa shape index (κ3) is 3.13. The lowest BCUT2D eigenvalue weighted by atomic mass is 10.2. The van der Waals surface area contributed by atoms with Crippen molar-refractivity contribution < 1.29 is 4.74 Å². The summed E-state index contributed by atoms with van der Waals surface area (Å²) >= 11 is 0. The minimum atomic E-state index is 0.850. The molecular formula is C17H22N4O. The van der Waals surface area contributed by atoms with E-state index in [1.807, 2.05) is 32.0 Å². The molecule has 0 atom stereocenters. The van der Waals surface area contributed by atoms with Gasteiger partial charge in [0, 0.05) is 49.3 Å². The number of methoxy groups -OCH3 is 1. The zero-order valence-electron chi connectivity index (χ0n) is 13.4. The number of hydrogen-bond donors (Lipinski definition) is 0. The van der Waals surface area contributed by atoms with E-state index in [9.17, 15) is 0 Å². The second kappa shape index (κ2) is 6.22. The minimum absolute atomic E-state index is 0.850. The maximum Gasteiger partial charge on any atom is 0.225 e.